The summed E-state index contributed by atoms with van der Waals surface area (Å²) in [6, 6.07) is 0. The molecule has 0 N–H and O–H groups in total. The summed E-state index contributed by atoms with van der Waals surface area (Å²) in [4.78, 5) is 24.2. The Kier molecular flexibility index (Phi) is 3.94. The highest BCUT2D eigenvalue weighted by atomic mass is 32.1. The van der Waals surface area contributed by atoms with Gasteiger partial charge in [0.15, 0.2) is 5.01 Å². The summed E-state index contributed by atoms with van der Waals surface area (Å²) in [5.74, 6) is 0.133. The van der Waals surface area contributed by atoms with E-state index >= 15 is 0 Å². The monoisotopic (exact) mass is 316 g/mol. The van der Waals surface area contributed by atoms with Gasteiger partial charge in [-0.05, 0) is 33.2 Å². The van der Waals surface area contributed by atoms with E-state index < -0.39 is 15.1 Å². The van der Waals surface area contributed by atoms with Gasteiger partial charge >= 0.3 is 10.9 Å². The summed E-state index contributed by atoms with van der Waals surface area (Å²) >= 11 is 5.04. The van der Waals surface area contributed by atoms with Gasteiger partial charge in [-0.2, -0.15) is 12.6 Å². The van der Waals surface area contributed by atoms with Crippen LogP contribution < -0.4 is 0 Å². The van der Waals surface area contributed by atoms with Gasteiger partial charge in [-0.3, -0.25) is 0 Å². The molecule has 0 aliphatic rings. The molecule has 1 atom stereocenters. The van der Waals surface area contributed by atoms with Gasteiger partial charge in [-0.25, -0.2) is 9.55 Å². The predicted molar refractivity (Wildman–Crippen MR) is 71.9 cm³/mol. The average Bonchev–Trinajstić information content (AvgIpc) is 3.04. The maximum Gasteiger partial charge on any atom is 0.450 e. The summed E-state index contributed by atoms with van der Waals surface area (Å²) in [7, 11) is 0. The molecular formula is C8H8N6O4S2. The van der Waals surface area contributed by atoms with E-state index in [4.69, 9.17) is 0 Å². The van der Waals surface area contributed by atoms with Crippen molar-refractivity contribution in [3.05, 3.63) is 37.3 Å². The quantitative estimate of drug-likeness (QED) is 0.503. The van der Waals surface area contributed by atoms with Crippen LogP contribution in [0.15, 0.2) is 6.20 Å². The van der Waals surface area contributed by atoms with Crippen molar-refractivity contribution in [2.24, 2.45) is 0 Å². The van der Waals surface area contributed by atoms with Crippen LogP contribution in [0.25, 0.3) is 0 Å². The standard InChI is InChI=1S/C8H8N6O4S2/c1-2-12-4(13(15)16)3-9-6(12)5(19)7-10-11-8(20-7)14(17)18/h3,5,19H,2H2,1H3. The lowest BCUT2D eigenvalue weighted by atomic mass is 10.4. The zero-order valence-corrected chi connectivity index (χ0v) is 11.7. The van der Waals surface area contributed by atoms with Crippen LogP contribution in [0, 0.1) is 20.2 Å². The van der Waals surface area contributed by atoms with Crippen molar-refractivity contribution in [1.29, 1.82) is 0 Å². The number of nitrogens with zero attached hydrogens (tertiary/aromatic N) is 6. The van der Waals surface area contributed by atoms with Gasteiger partial charge in [-0.1, -0.05) is 0 Å². The first kappa shape index (κ1) is 14.3. The molecule has 2 aromatic rings. The van der Waals surface area contributed by atoms with Crippen molar-refractivity contribution in [1.82, 2.24) is 19.7 Å². The lowest BCUT2D eigenvalue weighted by molar-refractivity contribution is -0.392. The van der Waals surface area contributed by atoms with Gasteiger partial charge < -0.3 is 20.2 Å². The van der Waals surface area contributed by atoms with E-state index in [1.807, 2.05) is 0 Å². The molecular weight excluding hydrogens is 308 g/mol. The largest absolute Gasteiger partial charge is 0.450 e. The molecule has 0 amide bonds. The number of nitro groups is 2. The fourth-order valence-electron chi connectivity index (χ4n) is 1.59. The third-order valence-electron chi connectivity index (χ3n) is 2.43. The summed E-state index contributed by atoms with van der Waals surface area (Å²) in [6.45, 7) is 2.05. The highest BCUT2D eigenvalue weighted by molar-refractivity contribution is 7.80. The third kappa shape index (κ3) is 2.46. The molecule has 0 aliphatic carbocycles. The van der Waals surface area contributed by atoms with Gasteiger partial charge in [0.2, 0.25) is 5.82 Å². The maximum atomic E-state index is 10.9. The second-order valence-corrected chi connectivity index (χ2v) is 5.06. The van der Waals surface area contributed by atoms with Gasteiger partial charge in [0, 0.05) is 0 Å². The molecule has 2 aromatic heterocycles. The van der Waals surface area contributed by atoms with Crippen molar-refractivity contribution in [2.45, 2.75) is 18.7 Å². The number of imidazole rings is 1. The molecule has 10 nitrogen and oxygen atoms in total. The Morgan fingerprint density at radius 1 is 1.40 bits per heavy atom. The normalized spacial score (nSPS) is 12.3. The van der Waals surface area contributed by atoms with E-state index in [0.29, 0.717) is 12.4 Å². The van der Waals surface area contributed by atoms with Crippen molar-refractivity contribution in [2.75, 3.05) is 0 Å². The Morgan fingerprint density at radius 2 is 2.10 bits per heavy atom. The second kappa shape index (κ2) is 5.50. The molecule has 20 heavy (non-hydrogen) atoms. The first-order valence-corrected chi connectivity index (χ1v) is 6.64. The van der Waals surface area contributed by atoms with Gasteiger partial charge in [0.1, 0.15) is 11.4 Å². The molecule has 0 radical (unpaired) electrons. The van der Waals surface area contributed by atoms with E-state index in [1.165, 1.54) is 4.57 Å². The van der Waals surface area contributed by atoms with E-state index in [1.54, 1.807) is 6.92 Å². The van der Waals surface area contributed by atoms with Gasteiger partial charge in [0.25, 0.3) is 0 Å². The van der Waals surface area contributed by atoms with Crippen LogP contribution in [0.5, 0.6) is 0 Å². The van der Waals surface area contributed by atoms with Crippen LogP contribution >= 0.6 is 24.0 Å². The van der Waals surface area contributed by atoms with Crippen LogP contribution in [0.4, 0.5) is 10.9 Å². The summed E-state index contributed by atoms with van der Waals surface area (Å²) < 4.78 is 1.37. The fraction of sp³-hybridized carbons (Fsp3) is 0.375. The topological polar surface area (TPSA) is 130 Å². The molecule has 0 aromatic carbocycles. The van der Waals surface area contributed by atoms with Gasteiger partial charge in [0.05, 0.1) is 11.6 Å². The Labute approximate surface area is 121 Å². The number of aromatic nitrogens is 4. The van der Waals surface area contributed by atoms with Crippen molar-refractivity contribution >= 4 is 34.9 Å². The van der Waals surface area contributed by atoms with E-state index in [0.717, 1.165) is 17.5 Å². The molecule has 1 unspecified atom stereocenters. The Balaban J connectivity index is 2.39. The average molecular weight is 316 g/mol. The molecule has 2 rings (SSSR count). The van der Waals surface area contributed by atoms with Crippen molar-refractivity contribution in [3.63, 3.8) is 0 Å². The smallest absolute Gasteiger partial charge is 0.358 e. The molecule has 106 valence electrons. The van der Waals surface area contributed by atoms with Crippen LogP contribution in [0.2, 0.25) is 0 Å². The zero-order chi connectivity index (χ0) is 14.9. The van der Waals surface area contributed by atoms with Gasteiger partial charge in [-0.15, -0.1) is 0 Å². The lowest BCUT2D eigenvalue weighted by Crippen LogP contribution is -2.08. The highest BCUT2D eigenvalue weighted by Gasteiger charge is 2.30. The Bertz CT molecular complexity index is 668. The minimum Gasteiger partial charge on any atom is -0.358 e. The minimum atomic E-state index is -0.713. The Morgan fingerprint density at radius 3 is 2.60 bits per heavy atom. The van der Waals surface area contributed by atoms with Crippen molar-refractivity contribution in [3.8, 4) is 0 Å². The van der Waals surface area contributed by atoms with Crippen LogP contribution in [-0.4, -0.2) is 29.6 Å². The molecule has 0 bridgehead atoms. The van der Waals surface area contributed by atoms with E-state index in [2.05, 4.69) is 27.8 Å². The number of hydrogen-bond donors (Lipinski definition) is 1. The van der Waals surface area contributed by atoms with Crippen molar-refractivity contribution < 1.29 is 9.85 Å². The van der Waals surface area contributed by atoms with Crippen LogP contribution in [0.1, 0.15) is 23.0 Å². The Hall–Kier alpha value is -2.08. The first-order chi connectivity index (χ1) is 9.45. The second-order valence-electron chi connectivity index (χ2n) is 3.56. The fourth-order valence-corrected chi connectivity index (χ4v) is 2.65. The maximum absolute atomic E-state index is 10.9. The molecule has 0 aliphatic heterocycles. The number of hydrogen-bond acceptors (Lipinski definition) is 9. The summed E-state index contributed by atoms with van der Waals surface area (Å²) in [5, 5.41) is 27.7. The summed E-state index contributed by atoms with van der Waals surface area (Å²) in [5.41, 5.74) is 0. The zero-order valence-electron chi connectivity index (χ0n) is 10.0. The molecule has 0 fully saturated rings. The third-order valence-corrected chi connectivity index (χ3v) is 4.02. The van der Waals surface area contributed by atoms with E-state index in [9.17, 15) is 20.2 Å². The molecule has 0 saturated carbocycles. The lowest BCUT2D eigenvalue weighted by Gasteiger charge is -2.04. The first-order valence-electron chi connectivity index (χ1n) is 5.31. The SMILES string of the molecule is CCn1c([N+](=O)[O-])cnc1C(S)c1nnc([N+](=O)[O-])s1. The molecule has 0 saturated heterocycles. The molecule has 0 spiro atoms. The molecule has 12 heteroatoms. The predicted octanol–water partition coefficient (Wildman–Crippen LogP) is 1.59. The van der Waals surface area contributed by atoms with E-state index in [-0.39, 0.29) is 16.0 Å². The number of thiol groups is 1. The summed E-state index contributed by atoms with van der Waals surface area (Å²) in [6.07, 6.45) is 1.12. The molecule has 2 heterocycles. The van der Waals surface area contributed by atoms with Crippen LogP contribution in [0.3, 0.4) is 0 Å². The number of rotatable bonds is 5. The highest BCUT2D eigenvalue weighted by Crippen LogP contribution is 2.33. The van der Waals surface area contributed by atoms with Crippen LogP contribution in [-0.2, 0) is 6.54 Å². The minimum absolute atomic E-state index is 0.166.